The maximum absolute atomic E-state index is 12.4. The van der Waals surface area contributed by atoms with Crippen molar-refractivity contribution in [3.8, 4) is 11.3 Å². The fourth-order valence-corrected chi connectivity index (χ4v) is 3.42. The lowest BCUT2D eigenvalue weighted by Crippen LogP contribution is -2.45. The van der Waals surface area contributed by atoms with E-state index in [0.717, 1.165) is 41.9 Å². The Bertz CT molecular complexity index is 740. The van der Waals surface area contributed by atoms with Crippen molar-refractivity contribution >= 4 is 23.2 Å². The largest absolute Gasteiger partial charge is 0.357 e. The second-order valence-corrected chi connectivity index (χ2v) is 7.03. The molecule has 0 bridgehead atoms. The predicted octanol–water partition coefficient (Wildman–Crippen LogP) is 3.08. The number of carbonyl (C=O) groups excluding carboxylic acids is 1. The van der Waals surface area contributed by atoms with E-state index in [1.54, 1.807) is 11.3 Å². The molecule has 0 aliphatic carbocycles. The summed E-state index contributed by atoms with van der Waals surface area (Å²) in [6.45, 7) is 8.99. The first kappa shape index (κ1) is 20.9. The van der Waals surface area contributed by atoms with Gasteiger partial charge in [-0.05, 0) is 20.8 Å². The molecule has 0 aliphatic heterocycles. The van der Waals surface area contributed by atoms with Crippen LogP contribution in [0.15, 0.2) is 40.7 Å². The molecule has 1 heterocycles. The van der Waals surface area contributed by atoms with E-state index in [0.29, 0.717) is 13.1 Å². The Balaban J connectivity index is 2.04. The first-order chi connectivity index (χ1) is 13.1. The molecule has 0 spiro atoms. The number of nitrogens with zero attached hydrogens (tertiary/aromatic N) is 4. The number of guanidine groups is 1. The highest BCUT2D eigenvalue weighted by Gasteiger charge is 2.15. The maximum atomic E-state index is 12.4. The van der Waals surface area contributed by atoms with Gasteiger partial charge < -0.3 is 15.1 Å². The number of carbonyl (C=O) groups is 1. The van der Waals surface area contributed by atoms with Crippen molar-refractivity contribution in [2.45, 2.75) is 27.3 Å². The third kappa shape index (κ3) is 6.06. The Morgan fingerprint density at radius 2 is 1.89 bits per heavy atom. The van der Waals surface area contributed by atoms with E-state index < -0.39 is 0 Å². The quantitative estimate of drug-likeness (QED) is 0.559. The van der Waals surface area contributed by atoms with Gasteiger partial charge in [0.15, 0.2) is 5.96 Å². The van der Waals surface area contributed by atoms with Gasteiger partial charge in [-0.3, -0.25) is 4.79 Å². The Morgan fingerprint density at radius 3 is 2.52 bits per heavy atom. The van der Waals surface area contributed by atoms with Gasteiger partial charge in [-0.1, -0.05) is 30.3 Å². The van der Waals surface area contributed by atoms with Gasteiger partial charge in [0.05, 0.1) is 18.8 Å². The predicted molar refractivity (Wildman–Crippen MR) is 113 cm³/mol. The van der Waals surface area contributed by atoms with E-state index in [9.17, 15) is 4.79 Å². The van der Waals surface area contributed by atoms with Gasteiger partial charge in [-0.2, -0.15) is 0 Å². The molecule has 2 rings (SSSR count). The molecule has 6 nitrogen and oxygen atoms in total. The number of rotatable bonds is 8. The number of benzene rings is 1. The molecule has 1 aromatic carbocycles. The smallest absolute Gasteiger partial charge is 0.242 e. The third-order valence-electron chi connectivity index (χ3n) is 4.17. The minimum Gasteiger partial charge on any atom is -0.357 e. The zero-order valence-electron chi connectivity index (χ0n) is 16.6. The monoisotopic (exact) mass is 387 g/mol. The summed E-state index contributed by atoms with van der Waals surface area (Å²) in [4.78, 5) is 25.4. The minimum atomic E-state index is 0.105. The summed E-state index contributed by atoms with van der Waals surface area (Å²) >= 11 is 1.60. The molecule has 1 aromatic heterocycles. The summed E-state index contributed by atoms with van der Waals surface area (Å²) in [7, 11) is 1.89. The van der Waals surface area contributed by atoms with Crippen LogP contribution in [0.3, 0.4) is 0 Å². The Hall–Kier alpha value is -2.41. The molecule has 0 saturated carbocycles. The van der Waals surface area contributed by atoms with Crippen LogP contribution in [0, 0.1) is 0 Å². The minimum absolute atomic E-state index is 0.105. The number of amides is 1. The lowest BCUT2D eigenvalue weighted by Gasteiger charge is -2.25. The van der Waals surface area contributed by atoms with Crippen molar-refractivity contribution in [2.24, 2.45) is 4.99 Å². The first-order valence-corrected chi connectivity index (χ1v) is 10.2. The normalized spacial score (nSPS) is 11.3. The molecule has 0 atom stereocenters. The summed E-state index contributed by atoms with van der Waals surface area (Å²) in [5.41, 5.74) is 2.08. The standard InChI is InChI=1S/C20H29N5OS/c1-5-21-20(24(4)14-19(26)25(6-2)7-3)22-13-18-23-17(15-27-18)16-11-9-8-10-12-16/h8-12,15H,5-7,13-14H2,1-4H3,(H,21,22). The molecule has 7 heteroatoms. The number of thiazole rings is 1. The maximum Gasteiger partial charge on any atom is 0.242 e. The molecule has 146 valence electrons. The van der Waals surface area contributed by atoms with Crippen LogP contribution in [0.2, 0.25) is 0 Å². The van der Waals surface area contributed by atoms with E-state index >= 15 is 0 Å². The molecular formula is C20H29N5OS. The third-order valence-corrected chi connectivity index (χ3v) is 5.00. The average molecular weight is 388 g/mol. The van der Waals surface area contributed by atoms with E-state index in [-0.39, 0.29) is 5.91 Å². The van der Waals surface area contributed by atoms with Gasteiger partial charge in [0.1, 0.15) is 5.01 Å². The molecule has 0 unspecified atom stereocenters. The first-order valence-electron chi connectivity index (χ1n) is 9.36. The number of nitrogens with one attached hydrogen (secondary N) is 1. The van der Waals surface area contributed by atoms with Gasteiger partial charge in [0, 0.05) is 37.6 Å². The summed E-state index contributed by atoms with van der Waals surface area (Å²) < 4.78 is 0. The van der Waals surface area contributed by atoms with Gasteiger partial charge in [0.2, 0.25) is 5.91 Å². The van der Waals surface area contributed by atoms with Crippen molar-refractivity contribution in [1.29, 1.82) is 0 Å². The number of aromatic nitrogens is 1. The van der Waals surface area contributed by atoms with Crippen molar-refractivity contribution in [3.05, 3.63) is 40.7 Å². The highest BCUT2D eigenvalue weighted by molar-refractivity contribution is 7.09. The fraction of sp³-hybridized carbons (Fsp3) is 0.450. The van der Waals surface area contributed by atoms with Crippen LogP contribution >= 0.6 is 11.3 Å². The Morgan fingerprint density at radius 1 is 1.19 bits per heavy atom. The topological polar surface area (TPSA) is 60.8 Å². The number of likely N-dealkylation sites (N-methyl/N-ethyl adjacent to an activating group) is 2. The fourth-order valence-electron chi connectivity index (χ4n) is 2.69. The molecule has 1 amide bonds. The van der Waals surface area contributed by atoms with Crippen LogP contribution in [0.25, 0.3) is 11.3 Å². The molecule has 0 fully saturated rings. The van der Waals surface area contributed by atoms with Crippen LogP contribution in [-0.4, -0.2) is 59.9 Å². The van der Waals surface area contributed by atoms with Gasteiger partial charge in [-0.25, -0.2) is 9.98 Å². The van der Waals surface area contributed by atoms with E-state index in [2.05, 4.69) is 32.8 Å². The SMILES string of the molecule is CCNC(=NCc1nc(-c2ccccc2)cs1)N(C)CC(=O)N(CC)CC. The lowest BCUT2D eigenvalue weighted by molar-refractivity contribution is -0.131. The molecule has 0 radical (unpaired) electrons. The van der Waals surface area contributed by atoms with Crippen molar-refractivity contribution in [1.82, 2.24) is 20.1 Å². The van der Waals surface area contributed by atoms with Crippen molar-refractivity contribution < 1.29 is 4.79 Å². The van der Waals surface area contributed by atoms with Crippen molar-refractivity contribution in [2.75, 3.05) is 33.2 Å². The molecule has 2 aromatic rings. The molecular weight excluding hydrogens is 358 g/mol. The summed E-state index contributed by atoms with van der Waals surface area (Å²) in [5, 5.41) is 6.26. The summed E-state index contributed by atoms with van der Waals surface area (Å²) in [6.07, 6.45) is 0. The van der Waals surface area contributed by atoms with Gasteiger partial charge in [0.25, 0.3) is 0 Å². The summed E-state index contributed by atoms with van der Waals surface area (Å²) in [5.74, 6) is 0.822. The average Bonchev–Trinajstić information content (AvgIpc) is 3.15. The second kappa shape index (κ2) is 10.7. The highest BCUT2D eigenvalue weighted by Crippen LogP contribution is 2.21. The number of hydrogen-bond acceptors (Lipinski definition) is 4. The van der Waals surface area contributed by atoms with Crippen LogP contribution in [-0.2, 0) is 11.3 Å². The molecule has 0 aliphatic rings. The molecule has 1 N–H and O–H groups in total. The molecule has 0 saturated heterocycles. The highest BCUT2D eigenvalue weighted by atomic mass is 32.1. The molecule has 27 heavy (non-hydrogen) atoms. The number of aliphatic imine (C=N–C) groups is 1. The van der Waals surface area contributed by atoms with Gasteiger partial charge in [-0.15, -0.1) is 11.3 Å². The van der Waals surface area contributed by atoms with Gasteiger partial charge >= 0.3 is 0 Å². The van der Waals surface area contributed by atoms with E-state index in [4.69, 9.17) is 0 Å². The summed E-state index contributed by atoms with van der Waals surface area (Å²) in [6, 6.07) is 10.1. The van der Waals surface area contributed by atoms with Crippen molar-refractivity contribution in [3.63, 3.8) is 0 Å². The van der Waals surface area contributed by atoms with E-state index in [1.807, 2.05) is 55.8 Å². The Kier molecular flexibility index (Phi) is 8.26. The van der Waals surface area contributed by atoms with E-state index in [1.165, 1.54) is 0 Å². The number of hydrogen-bond donors (Lipinski definition) is 1. The van der Waals surface area contributed by atoms with Crippen LogP contribution < -0.4 is 5.32 Å². The van der Waals surface area contributed by atoms with Crippen LogP contribution in [0.5, 0.6) is 0 Å². The van der Waals surface area contributed by atoms with Crippen LogP contribution in [0.4, 0.5) is 0 Å². The van der Waals surface area contributed by atoms with Crippen LogP contribution in [0.1, 0.15) is 25.8 Å². The Labute approximate surface area is 165 Å². The zero-order chi connectivity index (χ0) is 19.6. The zero-order valence-corrected chi connectivity index (χ0v) is 17.4. The lowest BCUT2D eigenvalue weighted by atomic mass is 10.2. The second-order valence-electron chi connectivity index (χ2n) is 6.08.